The molecule has 0 aliphatic rings. The predicted octanol–water partition coefficient (Wildman–Crippen LogP) is 2.40. The van der Waals surface area contributed by atoms with Crippen molar-refractivity contribution in [3.8, 4) is 11.4 Å². The highest BCUT2D eigenvalue weighted by Crippen LogP contribution is 2.23. The van der Waals surface area contributed by atoms with E-state index < -0.39 is 5.97 Å². The van der Waals surface area contributed by atoms with Gasteiger partial charge < -0.3 is 5.11 Å². The number of hydrogen-bond donors (Lipinski definition) is 1. The smallest absolute Gasteiger partial charge is 0.355 e. The van der Waals surface area contributed by atoms with Gasteiger partial charge in [-0.05, 0) is 30.7 Å². The largest absolute Gasteiger partial charge is 0.476 e. The molecule has 0 atom stereocenters. The highest BCUT2D eigenvalue weighted by molar-refractivity contribution is 5.94. The summed E-state index contributed by atoms with van der Waals surface area (Å²) < 4.78 is 1.58. The summed E-state index contributed by atoms with van der Waals surface area (Å²) >= 11 is 0. The van der Waals surface area contributed by atoms with Gasteiger partial charge in [0.15, 0.2) is 5.69 Å². The number of carbonyl (C=O) groups is 1. The molecule has 0 spiro atoms. The maximum atomic E-state index is 11.5. The molecule has 1 N–H and O–H groups in total. The van der Waals surface area contributed by atoms with E-state index in [-0.39, 0.29) is 5.69 Å². The zero-order valence-corrected chi connectivity index (χ0v) is 10.2. The van der Waals surface area contributed by atoms with Crippen molar-refractivity contribution in [1.82, 2.24) is 14.4 Å². The summed E-state index contributed by atoms with van der Waals surface area (Å²) in [5, 5.41) is 9.42. The summed E-state index contributed by atoms with van der Waals surface area (Å²) in [4.78, 5) is 20.0. The number of pyridine rings is 2. The second-order valence-electron chi connectivity index (χ2n) is 4.26. The normalized spacial score (nSPS) is 10.8. The van der Waals surface area contributed by atoms with Crippen molar-refractivity contribution in [3.63, 3.8) is 0 Å². The summed E-state index contributed by atoms with van der Waals surface area (Å²) in [5.41, 5.74) is 2.65. The van der Waals surface area contributed by atoms with E-state index in [1.165, 1.54) is 0 Å². The standard InChI is InChI=1S/C14H11N3O2/c1-9-5-6-11-16-12(10-4-2-3-7-15-10)13(14(18)19)17(11)8-9/h2-8H,1H3,(H,18,19). The Labute approximate surface area is 109 Å². The van der Waals surface area contributed by atoms with Crippen LogP contribution in [-0.4, -0.2) is 25.4 Å². The molecular weight excluding hydrogens is 242 g/mol. The Kier molecular flexibility index (Phi) is 2.52. The van der Waals surface area contributed by atoms with Gasteiger partial charge in [0.1, 0.15) is 11.3 Å². The van der Waals surface area contributed by atoms with E-state index in [4.69, 9.17) is 0 Å². The first-order chi connectivity index (χ1) is 9.16. The fraction of sp³-hybridized carbons (Fsp3) is 0.0714. The number of aryl methyl sites for hydroxylation is 1. The van der Waals surface area contributed by atoms with Crippen LogP contribution in [0.5, 0.6) is 0 Å². The van der Waals surface area contributed by atoms with E-state index in [0.29, 0.717) is 17.0 Å². The molecule has 5 heteroatoms. The van der Waals surface area contributed by atoms with Crippen LogP contribution in [0.25, 0.3) is 17.0 Å². The van der Waals surface area contributed by atoms with Crippen molar-refractivity contribution in [2.75, 3.05) is 0 Å². The van der Waals surface area contributed by atoms with E-state index in [2.05, 4.69) is 9.97 Å². The number of aromatic carboxylic acids is 1. The molecule has 3 aromatic rings. The number of aromatic nitrogens is 3. The Morgan fingerprint density at radius 1 is 1.26 bits per heavy atom. The Morgan fingerprint density at radius 2 is 2.11 bits per heavy atom. The Morgan fingerprint density at radius 3 is 2.79 bits per heavy atom. The lowest BCUT2D eigenvalue weighted by atomic mass is 10.2. The summed E-state index contributed by atoms with van der Waals surface area (Å²) in [5.74, 6) is -1.02. The van der Waals surface area contributed by atoms with Crippen molar-refractivity contribution in [2.45, 2.75) is 6.92 Å². The summed E-state index contributed by atoms with van der Waals surface area (Å²) in [6.07, 6.45) is 3.38. The molecule has 3 aromatic heterocycles. The zero-order chi connectivity index (χ0) is 13.4. The number of imidazole rings is 1. The maximum absolute atomic E-state index is 11.5. The van der Waals surface area contributed by atoms with Crippen LogP contribution >= 0.6 is 0 Å². The fourth-order valence-corrected chi connectivity index (χ4v) is 2.04. The van der Waals surface area contributed by atoms with Gasteiger partial charge in [0.05, 0.1) is 5.69 Å². The van der Waals surface area contributed by atoms with Crippen LogP contribution in [-0.2, 0) is 0 Å². The molecular formula is C14H11N3O2. The van der Waals surface area contributed by atoms with E-state index >= 15 is 0 Å². The average Bonchev–Trinajstić information content (AvgIpc) is 2.78. The van der Waals surface area contributed by atoms with Crippen LogP contribution in [0.4, 0.5) is 0 Å². The Hall–Kier alpha value is -2.69. The highest BCUT2D eigenvalue weighted by atomic mass is 16.4. The summed E-state index contributed by atoms with van der Waals surface area (Å²) in [6, 6.07) is 9.04. The molecule has 5 nitrogen and oxygen atoms in total. The third-order valence-electron chi connectivity index (χ3n) is 2.88. The number of nitrogens with zero attached hydrogens (tertiary/aromatic N) is 3. The van der Waals surface area contributed by atoms with Gasteiger partial charge in [-0.2, -0.15) is 0 Å². The lowest BCUT2D eigenvalue weighted by Crippen LogP contribution is -2.04. The molecule has 0 fully saturated rings. The van der Waals surface area contributed by atoms with E-state index in [1.807, 2.05) is 19.1 Å². The molecule has 0 amide bonds. The second kappa shape index (κ2) is 4.20. The molecule has 0 saturated carbocycles. The Bertz CT molecular complexity index is 763. The maximum Gasteiger partial charge on any atom is 0.355 e. The van der Waals surface area contributed by atoms with E-state index in [0.717, 1.165) is 5.56 Å². The monoisotopic (exact) mass is 253 g/mol. The topological polar surface area (TPSA) is 67.5 Å². The molecule has 0 radical (unpaired) electrons. The minimum Gasteiger partial charge on any atom is -0.476 e. The lowest BCUT2D eigenvalue weighted by Gasteiger charge is -2.00. The van der Waals surface area contributed by atoms with Gasteiger partial charge in [0.25, 0.3) is 0 Å². The molecule has 0 aromatic carbocycles. The first-order valence-electron chi connectivity index (χ1n) is 5.80. The van der Waals surface area contributed by atoms with Gasteiger partial charge in [-0.3, -0.25) is 9.38 Å². The predicted molar refractivity (Wildman–Crippen MR) is 70.1 cm³/mol. The third kappa shape index (κ3) is 1.85. The van der Waals surface area contributed by atoms with Crippen LogP contribution in [0, 0.1) is 6.92 Å². The minimum atomic E-state index is -1.02. The molecule has 0 bridgehead atoms. The van der Waals surface area contributed by atoms with Gasteiger partial charge in [-0.25, -0.2) is 9.78 Å². The van der Waals surface area contributed by atoms with Crippen molar-refractivity contribution >= 4 is 11.6 Å². The van der Waals surface area contributed by atoms with Crippen LogP contribution < -0.4 is 0 Å². The molecule has 0 aliphatic heterocycles. The molecule has 0 saturated heterocycles. The zero-order valence-electron chi connectivity index (χ0n) is 10.2. The minimum absolute atomic E-state index is 0.136. The number of carboxylic acid groups (broad SMARTS) is 1. The van der Waals surface area contributed by atoms with Gasteiger partial charge in [-0.15, -0.1) is 0 Å². The second-order valence-corrected chi connectivity index (χ2v) is 4.26. The van der Waals surface area contributed by atoms with Gasteiger partial charge in [0.2, 0.25) is 0 Å². The van der Waals surface area contributed by atoms with Crippen molar-refractivity contribution in [1.29, 1.82) is 0 Å². The molecule has 0 aliphatic carbocycles. The van der Waals surface area contributed by atoms with E-state index in [1.54, 1.807) is 35.0 Å². The summed E-state index contributed by atoms with van der Waals surface area (Å²) in [6.45, 7) is 1.91. The lowest BCUT2D eigenvalue weighted by molar-refractivity contribution is 0.0690. The van der Waals surface area contributed by atoms with Gasteiger partial charge in [-0.1, -0.05) is 12.1 Å². The summed E-state index contributed by atoms with van der Waals surface area (Å²) in [7, 11) is 0. The van der Waals surface area contributed by atoms with Crippen molar-refractivity contribution < 1.29 is 9.90 Å². The van der Waals surface area contributed by atoms with Crippen molar-refractivity contribution in [2.24, 2.45) is 0 Å². The molecule has 0 unspecified atom stereocenters. The number of fused-ring (bicyclic) bond motifs is 1. The van der Waals surface area contributed by atoms with Gasteiger partial charge in [0, 0.05) is 12.4 Å². The van der Waals surface area contributed by atoms with Crippen LogP contribution in [0.3, 0.4) is 0 Å². The first-order valence-corrected chi connectivity index (χ1v) is 5.80. The molecule has 94 valence electrons. The molecule has 3 heterocycles. The molecule has 3 rings (SSSR count). The van der Waals surface area contributed by atoms with Gasteiger partial charge >= 0.3 is 5.97 Å². The van der Waals surface area contributed by atoms with Crippen LogP contribution in [0.2, 0.25) is 0 Å². The van der Waals surface area contributed by atoms with Crippen LogP contribution in [0.15, 0.2) is 42.7 Å². The third-order valence-corrected chi connectivity index (χ3v) is 2.88. The number of hydrogen-bond acceptors (Lipinski definition) is 3. The fourth-order valence-electron chi connectivity index (χ4n) is 2.04. The first kappa shape index (κ1) is 11.4. The highest BCUT2D eigenvalue weighted by Gasteiger charge is 2.20. The molecule has 19 heavy (non-hydrogen) atoms. The van der Waals surface area contributed by atoms with Crippen molar-refractivity contribution in [3.05, 3.63) is 54.0 Å². The number of carboxylic acids is 1. The number of rotatable bonds is 2. The van der Waals surface area contributed by atoms with Crippen LogP contribution in [0.1, 0.15) is 16.1 Å². The SMILES string of the molecule is Cc1ccc2nc(-c3ccccn3)c(C(=O)O)n2c1. The van der Waals surface area contributed by atoms with E-state index in [9.17, 15) is 9.90 Å². The quantitative estimate of drug-likeness (QED) is 0.761. The Balaban J connectivity index is 2.36. The average molecular weight is 253 g/mol.